The van der Waals surface area contributed by atoms with Crippen LogP contribution in [0.4, 0.5) is 0 Å². The molecule has 0 fully saturated rings. The zero-order valence-corrected chi connectivity index (χ0v) is 17.9. The molecule has 0 rings (SSSR count). The maximum absolute atomic E-state index is 2.17. The van der Waals surface area contributed by atoms with E-state index >= 15 is 0 Å². The molecule has 0 heteroatoms. The van der Waals surface area contributed by atoms with Crippen LogP contribution in [-0.4, -0.2) is 0 Å². The predicted molar refractivity (Wildman–Crippen MR) is 103 cm³/mol. The van der Waals surface area contributed by atoms with E-state index in [1.807, 2.05) is 0 Å². The summed E-state index contributed by atoms with van der Waals surface area (Å²) < 4.78 is 0. The molecule has 0 aromatic rings. The van der Waals surface area contributed by atoms with Crippen LogP contribution < -0.4 is 0 Å². The molecule has 0 radical (unpaired) electrons. The molecule has 0 saturated heterocycles. The summed E-state index contributed by atoms with van der Waals surface area (Å²) in [6, 6.07) is 0. The topological polar surface area (TPSA) is 0 Å². The third-order valence-corrected chi connectivity index (χ3v) is 0. The van der Waals surface area contributed by atoms with Gasteiger partial charge in [0.25, 0.3) is 0 Å². The summed E-state index contributed by atoms with van der Waals surface area (Å²) >= 11 is 0. The van der Waals surface area contributed by atoms with Crippen LogP contribution in [0, 0.1) is 29.6 Å². The van der Waals surface area contributed by atoms with Gasteiger partial charge in [0.2, 0.25) is 0 Å². The highest BCUT2D eigenvalue weighted by molar-refractivity contribution is 4.22. The maximum atomic E-state index is 2.17. The van der Waals surface area contributed by atoms with Crippen molar-refractivity contribution in [1.82, 2.24) is 0 Å². The van der Waals surface area contributed by atoms with Gasteiger partial charge >= 0.3 is 0 Å². The Labute approximate surface area is 134 Å². The highest BCUT2D eigenvalue weighted by Crippen LogP contribution is 1.82. The number of rotatable bonds is 0. The lowest BCUT2D eigenvalue weighted by Gasteiger charge is -1.79. The van der Waals surface area contributed by atoms with Crippen LogP contribution in [0.25, 0.3) is 0 Å². The lowest BCUT2D eigenvalue weighted by Crippen LogP contribution is -1.66. The van der Waals surface area contributed by atoms with Crippen LogP contribution in [0.5, 0.6) is 0 Å². The molecule has 0 atom stereocenters. The minimum atomic E-state index is 0.833. The van der Waals surface area contributed by atoms with E-state index in [0.717, 1.165) is 29.6 Å². The van der Waals surface area contributed by atoms with Crippen LogP contribution in [0.3, 0.4) is 0 Å². The van der Waals surface area contributed by atoms with Crippen molar-refractivity contribution in [3.05, 3.63) is 0 Å². The third kappa shape index (κ3) is 0. The smallest absolute Gasteiger partial charge is 0.0500 e. The van der Waals surface area contributed by atoms with Gasteiger partial charge in [-0.15, -0.1) is 0 Å². The van der Waals surface area contributed by atoms with Crippen LogP contribution in [0.1, 0.15) is 104 Å². The highest BCUT2D eigenvalue weighted by atomic mass is 13.8. The first-order valence-electron chi connectivity index (χ1n) is 8.66. The number of hydrogen-bond donors (Lipinski definition) is 0. The van der Waals surface area contributed by atoms with Crippen LogP contribution in [0.15, 0.2) is 0 Å². The van der Waals surface area contributed by atoms with Crippen LogP contribution in [-0.2, 0) is 0 Å². The Hall–Kier alpha value is 0. The summed E-state index contributed by atoms with van der Waals surface area (Å²) in [5.74, 6) is 4.17. The first kappa shape index (κ1) is 32.1. The van der Waals surface area contributed by atoms with E-state index < -0.39 is 0 Å². The van der Waals surface area contributed by atoms with E-state index in [9.17, 15) is 0 Å². The average Bonchev–Trinajstić information content (AvgIpc) is 1.94. The van der Waals surface area contributed by atoms with Gasteiger partial charge in [-0.25, -0.2) is 0 Å². The summed E-state index contributed by atoms with van der Waals surface area (Å²) in [6.45, 7) is 32.5. The first-order valence-corrected chi connectivity index (χ1v) is 8.66. The Morgan fingerprint density at radius 1 is 0.200 bits per heavy atom. The van der Waals surface area contributed by atoms with Gasteiger partial charge in [0, 0.05) is 0 Å². The van der Waals surface area contributed by atoms with Crippen LogP contribution >= 0.6 is 0 Å². The van der Waals surface area contributed by atoms with E-state index in [2.05, 4.69) is 104 Å². The molecule has 0 nitrogen and oxygen atoms in total. The van der Waals surface area contributed by atoms with Crippen molar-refractivity contribution in [3.63, 3.8) is 0 Å². The first-order chi connectivity index (χ1) is 8.66. The second kappa shape index (κ2) is 27.4. The predicted octanol–water partition coefficient (Wildman–Crippen LogP) is 8.31. The molecule has 0 saturated carbocycles. The van der Waals surface area contributed by atoms with Crippen LogP contribution in [0.2, 0.25) is 0 Å². The summed E-state index contributed by atoms with van der Waals surface area (Å²) in [5.41, 5.74) is 0. The molecule has 130 valence electrons. The average molecular weight is 291 g/mol. The monoisotopic (exact) mass is 290 g/mol. The van der Waals surface area contributed by atoms with Gasteiger partial charge in [0.15, 0.2) is 0 Å². The molecule has 0 heterocycles. The molecule has 0 aromatic carbocycles. The van der Waals surface area contributed by atoms with Crippen molar-refractivity contribution in [2.24, 2.45) is 29.6 Å². The molecule has 0 N–H and O–H groups in total. The molecule has 0 aliphatic heterocycles. The molecule has 20 heavy (non-hydrogen) atoms. The molecule has 0 aliphatic rings. The Morgan fingerprint density at radius 2 is 0.200 bits per heavy atom. The van der Waals surface area contributed by atoms with Crippen molar-refractivity contribution >= 4 is 0 Å². The quantitative estimate of drug-likeness (QED) is 0.420. The molecular weight excluding hydrogens is 240 g/mol. The van der Waals surface area contributed by atoms with Gasteiger partial charge in [0.1, 0.15) is 0 Å². The van der Waals surface area contributed by atoms with Crippen molar-refractivity contribution in [2.75, 3.05) is 0 Å². The van der Waals surface area contributed by atoms with Gasteiger partial charge in [-0.05, 0) is 29.6 Å². The zero-order valence-electron chi connectivity index (χ0n) is 17.9. The molecule has 0 aromatic heterocycles. The van der Waals surface area contributed by atoms with Crippen molar-refractivity contribution < 1.29 is 0 Å². The van der Waals surface area contributed by atoms with E-state index in [1.54, 1.807) is 0 Å². The molecular formula is C20H50. The fourth-order valence-corrected chi connectivity index (χ4v) is 0. The third-order valence-electron chi connectivity index (χ3n) is 0. The second-order valence-corrected chi connectivity index (χ2v) is 8.66. The highest BCUT2D eigenvalue weighted by Gasteiger charge is 1.69. The van der Waals surface area contributed by atoms with Gasteiger partial charge in [-0.3, -0.25) is 0 Å². The zero-order chi connectivity index (χ0) is 17.9. The summed E-state index contributed by atoms with van der Waals surface area (Å²) in [4.78, 5) is 0. The van der Waals surface area contributed by atoms with E-state index in [0.29, 0.717) is 0 Å². The van der Waals surface area contributed by atoms with E-state index in [4.69, 9.17) is 0 Å². The maximum Gasteiger partial charge on any atom is -0.0500 e. The lowest BCUT2D eigenvalue weighted by molar-refractivity contribution is 0.736. The van der Waals surface area contributed by atoms with Crippen molar-refractivity contribution in [2.45, 2.75) is 104 Å². The minimum Gasteiger partial charge on any atom is -0.0630 e. The van der Waals surface area contributed by atoms with Gasteiger partial charge in [-0.1, -0.05) is 104 Å². The standard InChI is InChI=1S/5C4H10/c5*1-4(2)3/h5*4H,1-3H3. The summed E-state index contributed by atoms with van der Waals surface area (Å²) in [5, 5.41) is 0. The molecule has 0 spiro atoms. The van der Waals surface area contributed by atoms with E-state index in [-0.39, 0.29) is 0 Å². The minimum absolute atomic E-state index is 0.833. The largest absolute Gasteiger partial charge is 0.0630 e. The fraction of sp³-hybridized carbons (Fsp3) is 1.00. The Balaban J connectivity index is -0.0000000469. The van der Waals surface area contributed by atoms with Crippen molar-refractivity contribution in [1.29, 1.82) is 0 Å². The molecule has 0 bridgehead atoms. The normalized spacial score (nSPS) is 9.00. The fourth-order valence-electron chi connectivity index (χ4n) is 0. The molecule has 0 aliphatic carbocycles. The van der Waals surface area contributed by atoms with Gasteiger partial charge in [-0.2, -0.15) is 0 Å². The Kier molecular flexibility index (Phi) is 43.9. The lowest BCUT2D eigenvalue weighted by atomic mass is 10.3. The SMILES string of the molecule is CC(C)C.CC(C)C.CC(C)C.CC(C)C.CC(C)C. The molecule has 0 unspecified atom stereocenters. The summed E-state index contributed by atoms with van der Waals surface area (Å²) in [7, 11) is 0. The van der Waals surface area contributed by atoms with E-state index in [1.165, 1.54) is 0 Å². The van der Waals surface area contributed by atoms with Gasteiger partial charge < -0.3 is 0 Å². The van der Waals surface area contributed by atoms with Gasteiger partial charge in [0.05, 0.1) is 0 Å². The Morgan fingerprint density at radius 3 is 0.200 bits per heavy atom. The van der Waals surface area contributed by atoms with Crippen molar-refractivity contribution in [3.8, 4) is 0 Å². The molecule has 0 amide bonds. The Bertz CT molecular complexity index is 58.6. The number of hydrogen-bond acceptors (Lipinski definition) is 0. The second-order valence-electron chi connectivity index (χ2n) is 8.66. The summed E-state index contributed by atoms with van der Waals surface area (Å²) in [6.07, 6.45) is 0.